The van der Waals surface area contributed by atoms with Gasteiger partial charge in [-0.25, -0.2) is 9.78 Å². The zero-order chi connectivity index (χ0) is 13.0. The number of hydrogen-bond donors (Lipinski definition) is 0. The lowest BCUT2D eigenvalue weighted by Crippen LogP contribution is -2.30. The number of thiazole rings is 1. The molecule has 0 saturated carbocycles. The van der Waals surface area contributed by atoms with Gasteiger partial charge in [-0.15, -0.1) is 0 Å². The van der Waals surface area contributed by atoms with E-state index in [1.54, 1.807) is 0 Å². The largest absolute Gasteiger partial charge is 0.465 e. The molecule has 6 heteroatoms. The highest BCUT2D eigenvalue weighted by molar-refractivity contribution is 7.18. The first-order valence-electron chi connectivity index (χ1n) is 5.52. The fourth-order valence-electron chi connectivity index (χ4n) is 1.65. The van der Waals surface area contributed by atoms with Crippen molar-refractivity contribution in [3.63, 3.8) is 0 Å². The van der Waals surface area contributed by atoms with Crippen molar-refractivity contribution in [2.45, 2.75) is 32.7 Å². The summed E-state index contributed by atoms with van der Waals surface area (Å²) in [6.07, 6.45) is 2.05. The van der Waals surface area contributed by atoms with Gasteiger partial charge >= 0.3 is 5.97 Å². The standard InChI is InChI=1S/C11H17ClN2O2S/c1-5-7(6-2)14(3)11-13-9(12)8(17-11)10(15)16-4/h7H,5-6H2,1-4H3. The van der Waals surface area contributed by atoms with Crippen LogP contribution >= 0.6 is 22.9 Å². The van der Waals surface area contributed by atoms with Gasteiger partial charge in [0.2, 0.25) is 0 Å². The number of methoxy groups -OCH3 is 1. The van der Waals surface area contributed by atoms with Crippen LogP contribution in [0.1, 0.15) is 36.4 Å². The number of rotatable bonds is 5. The fraction of sp³-hybridized carbons (Fsp3) is 0.636. The van der Waals surface area contributed by atoms with E-state index in [9.17, 15) is 4.79 Å². The van der Waals surface area contributed by atoms with Crippen molar-refractivity contribution >= 4 is 34.0 Å². The molecular weight excluding hydrogens is 260 g/mol. The number of anilines is 1. The molecule has 0 N–H and O–H groups in total. The number of aromatic nitrogens is 1. The van der Waals surface area contributed by atoms with Crippen molar-refractivity contribution in [2.24, 2.45) is 0 Å². The third-order valence-electron chi connectivity index (χ3n) is 2.74. The van der Waals surface area contributed by atoms with E-state index < -0.39 is 5.97 Å². The Morgan fingerprint density at radius 1 is 1.53 bits per heavy atom. The van der Waals surface area contributed by atoms with Gasteiger partial charge < -0.3 is 9.64 Å². The van der Waals surface area contributed by atoms with Crippen LogP contribution in [0.4, 0.5) is 5.13 Å². The Morgan fingerprint density at radius 2 is 2.12 bits per heavy atom. The van der Waals surface area contributed by atoms with Crippen molar-refractivity contribution in [3.05, 3.63) is 10.0 Å². The van der Waals surface area contributed by atoms with E-state index in [-0.39, 0.29) is 5.15 Å². The lowest BCUT2D eigenvalue weighted by molar-refractivity contribution is 0.0606. The number of nitrogens with zero attached hydrogens (tertiary/aromatic N) is 2. The minimum absolute atomic E-state index is 0.217. The molecule has 0 fully saturated rings. The van der Waals surface area contributed by atoms with Crippen molar-refractivity contribution in [1.82, 2.24) is 4.98 Å². The molecule has 17 heavy (non-hydrogen) atoms. The maximum Gasteiger partial charge on any atom is 0.351 e. The van der Waals surface area contributed by atoms with Crippen LogP contribution in [0.15, 0.2) is 0 Å². The summed E-state index contributed by atoms with van der Waals surface area (Å²) in [6, 6.07) is 0.405. The van der Waals surface area contributed by atoms with E-state index >= 15 is 0 Å². The van der Waals surface area contributed by atoms with Gasteiger partial charge in [-0.3, -0.25) is 0 Å². The zero-order valence-electron chi connectivity index (χ0n) is 10.5. The number of carbonyl (C=O) groups excluding carboxylic acids is 1. The summed E-state index contributed by atoms with van der Waals surface area (Å²) >= 11 is 7.19. The molecule has 1 rings (SSSR count). The molecule has 0 amide bonds. The molecule has 96 valence electrons. The van der Waals surface area contributed by atoms with Crippen LogP contribution in [-0.4, -0.2) is 31.2 Å². The quantitative estimate of drug-likeness (QED) is 0.775. The SMILES string of the molecule is CCC(CC)N(C)c1nc(Cl)c(C(=O)OC)s1. The molecule has 0 aliphatic rings. The minimum atomic E-state index is -0.434. The van der Waals surface area contributed by atoms with Gasteiger partial charge in [-0.1, -0.05) is 36.8 Å². The summed E-state index contributed by atoms with van der Waals surface area (Å²) in [6.45, 7) is 4.25. The van der Waals surface area contributed by atoms with Gasteiger partial charge in [0.05, 0.1) is 7.11 Å². The van der Waals surface area contributed by atoms with E-state index in [1.807, 2.05) is 7.05 Å². The second-order valence-electron chi connectivity index (χ2n) is 3.69. The highest BCUT2D eigenvalue weighted by atomic mass is 35.5. The van der Waals surface area contributed by atoms with Crippen molar-refractivity contribution in [3.8, 4) is 0 Å². The normalized spacial score (nSPS) is 10.7. The van der Waals surface area contributed by atoms with Crippen molar-refractivity contribution in [2.75, 3.05) is 19.1 Å². The van der Waals surface area contributed by atoms with Gasteiger partial charge in [0.15, 0.2) is 15.2 Å². The van der Waals surface area contributed by atoms with Crippen LogP contribution in [0.25, 0.3) is 0 Å². The molecule has 0 atom stereocenters. The molecular formula is C11H17ClN2O2S. The van der Waals surface area contributed by atoms with Crippen LogP contribution in [0.2, 0.25) is 5.15 Å². The second-order valence-corrected chi connectivity index (χ2v) is 5.02. The molecule has 0 unspecified atom stereocenters. The summed E-state index contributed by atoms with van der Waals surface area (Å²) in [7, 11) is 3.30. The molecule has 1 aromatic rings. The molecule has 4 nitrogen and oxygen atoms in total. The van der Waals surface area contributed by atoms with Gasteiger partial charge in [-0.2, -0.15) is 0 Å². The number of hydrogen-bond acceptors (Lipinski definition) is 5. The van der Waals surface area contributed by atoms with Crippen LogP contribution in [0.3, 0.4) is 0 Å². The molecule has 1 heterocycles. The predicted octanol–water partition coefficient (Wildman–Crippen LogP) is 3.21. The Balaban J connectivity index is 2.96. The van der Waals surface area contributed by atoms with E-state index in [1.165, 1.54) is 18.4 Å². The summed E-state index contributed by atoms with van der Waals surface area (Å²) < 4.78 is 4.65. The molecule has 0 aliphatic carbocycles. The Labute approximate surface area is 111 Å². The van der Waals surface area contributed by atoms with Crippen molar-refractivity contribution in [1.29, 1.82) is 0 Å². The zero-order valence-corrected chi connectivity index (χ0v) is 12.1. The van der Waals surface area contributed by atoms with Crippen LogP contribution in [0.5, 0.6) is 0 Å². The van der Waals surface area contributed by atoms with Crippen molar-refractivity contribution < 1.29 is 9.53 Å². The van der Waals surface area contributed by atoms with Gasteiger partial charge in [-0.05, 0) is 12.8 Å². The van der Waals surface area contributed by atoms with E-state index in [4.69, 9.17) is 11.6 Å². The minimum Gasteiger partial charge on any atom is -0.465 e. The van der Waals surface area contributed by atoms with E-state index in [0.717, 1.165) is 18.0 Å². The first-order valence-corrected chi connectivity index (χ1v) is 6.72. The average molecular weight is 277 g/mol. The summed E-state index contributed by atoms with van der Waals surface area (Å²) in [5.74, 6) is -0.434. The third kappa shape index (κ3) is 3.10. The van der Waals surface area contributed by atoms with Gasteiger partial charge in [0.25, 0.3) is 0 Å². The number of esters is 1. The molecule has 0 radical (unpaired) electrons. The summed E-state index contributed by atoms with van der Waals surface area (Å²) in [5, 5.41) is 0.971. The average Bonchev–Trinajstić information content (AvgIpc) is 2.71. The Bertz CT molecular complexity index is 391. The van der Waals surface area contributed by atoms with Crippen LogP contribution in [0, 0.1) is 0 Å². The molecule has 0 saturated heterocycles. The number of carbonyl (C=O) groups is 1. The highest BCUT2D eigenvalue weighted by Crippen LogP contribution is 2.31. The van der Waals surface area contributed by atoms with Gasteiger partial charge in [0.1, 0.15) is 0 Å². The third-order valence-corrected chi connectivity index (χ3v) is 4.25. The second kappa shape index (κ2) is 6.21. The lowest BCUT2D eigenvalue weighted by Gasteiger charge is -2.25. The number of ether oxygens (including phenoxy) is 1. The molecule has 0 aliphatic heterocycles. The summed E-state index contributed by atoms with van der Waals surface area (Å²) in [5.41, 5.74) is 0. The fourth-order valence-corrected chi connectivity index (χ4v) is 2.89. The van der Waals surface area contributed by atoms with Crippen LogP contribution in [-0.2, 0) is 4.74 Å². The van der Waals surface area contributed by atoms with E-state index in [0.29, 0.717) is 10.9 Å². The maximum absolute atomic E-state index is 11.4. The topological polar surface area (TPSA) is 42.4 Å². The Kier molecular flexibility index (Phi) is 5.21. The molecule has 0 spiro atoms. The molecule has 0 aromatic carbocycles. The number of halogens is 1. The smallest absolute Gasteiger partial charge is 0.351 e. The Hall–Kier alpha value is -0.810. The maximum atomic E-state index is 11.4. The highest BCUT2D eigenvalue weighted by Gasteiger charge is 2.21. The lowest BCUT2D eigenvalue weighted by atomic mass is 10.1. The first kappa shape index (κ1) is 14.3. The Morgan fingerprint density at radius 3 is 2.59 bits per heavy atom. The van der Waals surface area contributed by atoms with E-state index in [2.05, 4.69) is 28.5 Å². The molecule has 0 bridgehead atoms. The monoisotopic (exact) mass is 276 g/mol. The van der Waals surface area contributed by atoms with Crippen LogP contribution < -0.4 is 4.90 Å². The summed E-state index contributed by atoms with van der Waals surface area (Å²) in [4.78, 5) is 18.1. The first-order chi connectivity index (χ1) is 8.04. The predicted molar refractivity (Wildman–Crippen MR) is 71.2 cm³/mol. The van der Waals surface area contributed by atoms with Gasteiger partial charge in [0, 0.05) is 13.1 Å². The molecule has 1 aromatic heterocycles.